The van der Waals surface area contributed by atoms with Crippen LogP contribution in [0.4, 0.5) is 4.39 Å². The summed E-state index contributed by atoms with van der Waals surface area (Å²) < 4.78 is 13.4. The molecule has 0 aliphatic rings. The third-order valence-electron chi connectivity index (χ3n) is 2.80. The molecule has 1 aromatic carbocycles. The van der Waals surface area contributed by atoms with Crippen molar-refractivity contribution in [3.63, 3.8) is 0 Å². The van der Waals surface area contributed by atoms with Crippen LogP contribution in [0.25, 0.3) is 0 Å². The molecule has 1 atom stereocenters. The number of hydrogen-bond donors (Lipinski definition) is 1. The van der Waals surface area contributed by atoms with Crippen molar-refractivity contribution in [2.75, 3.05) is 19.3 Å². The number of rotatable bonds is 6. The zero-order valence-electron chi connectivity index (χ0n) is 9.99. The summed E-state index contributed by atoms with van der Waals surface area (Å²) in [6, 6.07) is 6.95. The average molecular weight is 241 g/mol. The van der Waals surface area contributed by atoms with Crippen molar-refractivity contribution < 1.29 is 4.39 Å². The second-order valence-corrected chi connectivity index (χ2v) is 4.61. The first kappa shape index (κ1) is 13.5. The molecule has 1 nitrogen and oxygen atoms in total. The van der Waals surface area contributed by atoms with E-state index in [1.807, 2.05) is 19.2 Å². The predicted octanol–water partition coefficient (Wildman–Crippen LogP) is 3.21. The fraction of sp³-hybridized carbons (Fsp3) is 0.538. The topological polar surface area (TPSA) is 3.24 Å². The molecule has 0 amide bonds. The molecule has 0 N–H and O–H groups in total. The fourth-order valence-electron chi connectivity index (χ4n) is 1.74. The number of hydrogen-bond acceptors (Lipinski definition) is 2. The summed E-state index contributed by atoms with van der Waals surface area (Å²) in [5.41, 5.74) is 0.763. The van der Waals surface area contributed by atoms with E-state index in [1.165, 1.54) is 6.07 Å². The summed E-state index contributed by atoms with van der Waals surface area (Å²) in [7, 11) is 2.03. The van der Waals surface area contributed by atoms with E-state index in [0.29, 0.717) is 12.5 Å². The first-order valence-corrected chi connectivity index (χ1v) is 6.33. The summed E-state index contributed by atoms with van der Waals surface area (Å²) in [6.45, 7) is 3.79. The Morgan fingerprint density at radius 2 is 2.06 bits per heavy atom. The van der Waals surface area contributed by atoms with Crippen molar-refractivity contribution in [3.8, 4) is 0 Å². The van der Waals surface area contributed by atoms with Gasteiger partial charge in [-0.05, 0) is 24.8 Å². The molecular weight excluding hydrogens is 221 g/mol. The molecule has 1 aromatic rings. The van der Waals surface area contributed by atoms with Crippen LogP contribution in [-0.2, 0) is 6.54 Å². The van der Waals surface area contributed by atoms with Gasteiger partial charge in [0.15, 0.2) is 0 Å². The van der Waals surface area contributed by atoms with E-state index in [9.17, 15) is 4.39 Å². The zero-order chi connectivity index (χ0) is 12.0. The largest absolute Gasteiger partial charge is 0.302 e. The van der Waals surface area contributed by atoms with Gasteiger partial charge in [-0.2, -0.15) is 12.6 Å². The standard InChI is InChI=1S/C13H20FNS/c1-3-11(10-16)8-15(2)9-12-6-4-5-7-13(12)14/h4-7,11,16H,3,8-10H2,1-2H3. The third kappa shape index (κ3) is 4.14. The highest BCUT2D eigenvalue weighted by molar-refractivity contribution is 7.80. The Morgan fingerprint density at radius 3 is 2.62 bits per heavy atom. The summed E-state index contributed by atoms with van der Waals surface area (Å²) >= 11 is 4.32. The van der Waals surface area contributed by atoms with Gasteiger partial charge in [-0.25, -0.2) is 4.39 Å². The minimum absolute atomic E-state index is 0.117. The molecule has 1 unspecified atom stereocenters. The Morgan fingerprint density at radius 1 is 1.38 bits per heavy atom. The van der Waals surface area contributed by atoms with E-state index in [2.05, 4.69) is 24.5 Å². The van der Waals surface area contributed by atoms with Crippen LogP contribution in [0.1, 0.15) is 18.9 Å². The Bertz CT molecular complexity index is 313. The molecule has 0 aliphatic carbocycles. The van der Waals surface area contributed by atoms with Gasteiger partial charge >= 0.3 is 0 Å². The average Bonchev–Trinajstić information content (AvgIpc) is 2.29. The lowest BCUT2D eigenvalue weighted by atomic mass is 10.1. The van der Waals surface area contributed by atoms with Crippen molar-refractivity contribution in [1.82, 2.24) is 4.90 Å². The van der Waals surface area contributed by atoms with Crippen molar-refractivity contribution in [2.24, 2.45) is 5.92 Å². The second kappa shape index (κ2) is 6.92. The molecule has 0 saturated heterocycles. The summed E-state index contributed by atoms with van der Waals surface area (Å²) in [5.74, 6) is 1.35. The normalized spacial score (nSPS) is 13.1. The van der Waals surface area contributed by atoms with Crippen LogP contribution in [0.3, 0.4) is 0 Å². The summed E-state index contributed by atoms with van der Waals surface area (Å²) in [4.78, 5) is 2.16. The molecule has 1 rings (SSSR count). The molecule has 16 heavy (non-hydrogen) atoms. The molecule has 0 fully saturated rings. The smallest absolute Gasteiger partial charge is 0.127 e. The van der Waals surface area contributed by atoms with E-state index in [1.54, 1.807) is 6.07 Å². The first-order valence-electron chi connectivity index (χ1n) is 5.70. The maximum Gasteiger partial charge on any atom is 0.127 e. The molecular formula is C13H20FNS. The summed E-state index contributed by atoms with van der Waals surface area (Å²) in [5, 5.41) is 0. The molecule has 0 heterocycles. The minimum atomic E-state index is -0.117. The van der Waals surface area contributed by atoms with E-state index >= 15 is 0 Å². The molecule has 0 bridgehead atoms. The highest BCUT2D eigenvalue weighted by Crippen LogP contribution is 2.12. The van der Waals surface area contributed by atoms with Crippen LogP contribution < -0.4 is 0 Å². The van der Waals surface area contributed by atoms with Gasteiger partial charge in [-0.3, -0.25) is 0 Å². The van der Waals surface area contributed by atoms with Gasteiger partial charge in [0.05, 0.1) is 0 Å². The first-order chi connectivity index (χ1) is 7.67. The van der Waals surface area contributed by atoms with Gasteiger partial charge < -0.3 is 4.90 Å². The van der Waals surface area contributed by atoms with Crippen LogP contribution in [0.5, 0.6) is 0 Å². The fourth-order valence-corrected chi connectivity index (χ4v) is 2.11. The second-order valence-electron chi connectivity index (χ2n) is 4.25. The molecule has 0 radical (unpaired) electrons. The van der Waals surface area contributed by atoms with Crippen LogP contribution in [0.15, 0.2) is 24.3 Å². The van der Waals surface area contributed by atoms with Crippen LogP contribution in [0.2, 0.25) is 0 Å². The van der Waals surface area contributed by atoms with E-state index < -0.39 is 0 Å². The maximum absolute atomic E-state index is 13.4. The monoisotopic (exact) mass is 241 g/mol. The van der Waals surface area contributed by atoms with Crippen molar-refractivity contribution in [1.29, 1.82) is 0 Å². The van der Waals surface area contributed by atoms with Crippen molar-refractivity contribution in [3.05, 3.63) is 35.6 Å². The van der Waals surface area contributed by atoms with Gasteiger partial charge in [0, 0.05) is 18.7 Å². The Labute approximate surface area is 103 Å². The molecule has 90 valence electrons. The highest BCUT2D eigenvalue weighted by Gasteiger charge is 2.09. The van der Waals surface area contributed by atoms with Gasteiger partial charge in [0.2, 0.25) is 0 Å². The third-order valence-corrected chi connectivity index (χ3v) is 3.32. The van der Waals surface area contributed by atoms with E-state index in [4.69, 9.17) is 0 Å². The number of nitrogens with zero attached hydrogens (tertiary/aromatic N) is 1. The maximum atomic E-state index is 13.4. The predicted molar refractivity (Wildman–Crippen MR) is 70.4 cm³/mol. The Kier molecular flexibility index (Phi) is 5.85. The van der Waals surface area contributed by atoms with Gasteiger partial charge in [-0.1, -0.05) is 31.5 Å². The number of halogens is 1. The Hall–Kier alpha value is -0.540. The molecule has 3 heteroatoms. The van der Waals surface area contributed by atoms with E-state index in [-0.39, 0.29) is 5.82 Å². The SMILES string of the molecule is CCC(CS)CN(C)Cc1ccccc1F. The van der Waals surface area contributed by atoms with Crippen LogP contribution in [-0.4, -0.2) is 24.2 Å². The van der Waals surface area contributed by atoms with Gasteiger partial charge in [0.25, 0.3) is 0 Å². The lowest BCUT2D eigenvalue weighted by molar-refractivity contribution is 0.274. The minimum Gasteiger partial charge on any atom is -0.302 e. The van der Waals surface area contributed by atoms with Crippen LogP contribution in [0, 0.1) is 11.7 Å². The van der Waals surface area contributed by atoms with Gasteiger partial charge in [-0.15, -0.1) is 0 Å². The van der Waals surface area contributed by atoms with Crippen molar-refractivity contribution >= 4 is 12.6 Å². The lowest BCUT2D eigenvalue weighted by Gasteiger charge is -2.22. The van der Waals surface area contributed by atoms with Gasteiger partial charge in [0.1, 0.15) is 5.82 Å². The lowest BCUT2D eigenvalue weighted by Crippen LogP contribution is -2.26. The number of thiol groups is 1. The number of benzene rings is 1. The zero-order valence-corrected chi connectivity index (χ0v) is 10.9. The molecule has 0 aliphatic heterocycles. The summed E-state index contributed by atoms with van der Waals surface area (Å²) in [6.07, 6.45) is 1.12. The quantitative estimate of drug-likeness (QED) is 0.748. The molecule has 0 aromatic heterocycles. The van der Waals surface area contributed by atoms with Crippen molar-refractivity contribution in [2.45, 2.75) is 19.9 Å². The van der Waals surface area contributed by atoms with E-state index in [0.717, 1.165) is 24.3 Å². The molecule has 0 spiro atoms. The van der Waals surface area contributed by atoms with Crippen LogP contribution >= 0.6 is 12.6 Å². The molecule has 0 saturated carbocycles. The Balaban J connectivity index is 2.51. The highest BCUT2D eigenvalue weighted by atomic mass is 32.1.